The van der Waals surface area contributed by atoms with E-state index in [2.05, 4.69) is 26.1 Å². The molecule has 0 amide bonds. The molecule has 15 heavy (non-hydrogen) atoms. The second kappa shape index (κ2) is 4.83. The first-order valence-electron chi connectivity index (χ1n) is 5.78. The third-order valence-electron chi connectivity index (χ3n) is 3.29. The topological polar surface area (TPSA) is 46.2 Å². The van der Waals surface area contributed by atoms with Crippen LogP contribution in [0.25, 0.3) is 0 Å². The molecule has 0 saturated carbocycles. The van der Waals surface area contributed by atoms with Crippen LogP contribution in [0.1, 0.15) is 40.0 Å². The van der Waals surface area contributed by atoms with E-state index < -0.39 is 9.84 Å². The Morgan fingerprint density at radius 1 is 1.40 bits per heavy atom. The molecule has 0 aliphatic carbocycles. The zero-order chi connectivity index (χ0) is 11.5. The summed E-state index contributed by atoms with van der Waals surface area (Å²) < 4.78 is 22.8. The van der Waals surface area contributed by atoms with Gasteiger partial charge in [0.15, 0.2) is 9.84 Å². The van der Waals surface area contributed by atoms with E-state index in [0.29, 0.717) is 11.5 Å². The Morgan fingerprint density at radius 2 is 2.07 bits per heavy atom. The lowest BCUT2D eigenvalue weighted by Gasteiger charge is -2.29. The van der Waals surface area contributed by atoms with Crippen LogP contribution in [0.5, 0.6) is 0 Å². The largest absolute Gasteiger partial charge is 0.312 e. The van der Waals surface area contributed by atoms with Crippen LogP contribution in [0.15, 0.2) is 0 Å². The van der Waals surface area contributed by atoms with Crippen molar-refractivity contribution >= 4 is 9.84 Å². The predicted octanol–water partition coefficient (Wildman–Crippen LogP) is 1.59. The standard InChI is InChI=1S/C11H23NO2S/c1-4-11(2,3)9-12-10-6-5-7-15(13,14)8-10/h10,12H,4-9H2,1-3H3. The van der Waals surface area contributed by atoms with Gasteiger partial charge in [-0.05, 0) is 24.7 Å². The molecule has 0 bridgehead atoms. The average Bonchev–Trinajstić information content (AvgIpc) is 2.14. The summed E-state index contributed by atoms with van der Waals surface area (Å²) in [5, 5.41) is 3.39. The number of hydrogen-bond donors (Lipinski definition) is 1. The Labute approximate surface area is 93.6 Å². The Balaban J connectivity index is 2.40. The average molecular weight is 233 g/mol. The zero-order valence-corrected chi connectivity index (χ0v) is 10.9. The van der Waals surface area contributed by atoms with Gasteiger partial charge in [0.25, 0.3) is 0 Å². The molecule has 1 aliphatic heterocycles. The van der Waals surface area contributed by atoms with E-state index in [-0.39, 0.29) is 11.5 Å². The maximum Gasteiger partial charge on any atom is 0.151 e. The molecule has 0 spiro atoms. The molecule has 90 valence electrons. The van der Waals surface area contributed by atoms with E-state index in [4.69, 9.17) is 0 Å². The first-order valence-corrected chi connectivity index (χ1v) is 7.60. The monoisotopic (exact) mass is 233 g/mol. The molecule has 1 heterocycles. The smallest absolute Gasteiger partial charge is 0.151 e. The van der Waals surface area contributed by atoms with Crippen LogP contribution in [0, 0.1) is 5.41 Å². The second-order valence-electron chi connectivity index (χ2n) is 5.35. The molecule has 1 aliphatic rings. The summed E-state index contributed by atoms with van der Waals surface area (Å²) >= 11 is 0. The molecule has 1 atom stereocenters. The van der Waals surface area contributed by atoms with Gasteiger partial charge in [0.05, 0.1) is 11.5 Å². The molecular weight excluding hydrogens is 210 g/mol. The fourth-order valence-electron chi connectivity index (χ4n) is 1.73. The molecule has 4 heteroatoms. The molecule has 0 aromatic heterocycles. The number of hydrogen-bond acceptors (Lipinski definition) is 3. The first kappa shape index (κ1) is 13.0. The van der Waals surface area contributed by atoms with Crippen LogP contribution in [0.2, 0.25) is 0 Å². The molecule has 0 radical (unpaired) electrons. The lowest BCUT2D eigenvalue weighted by atomic mass is 9.90. The minimum atomic E-state index is -2.77. The minimum absolute atomic E-state index is 0.176. The Morgan fingerprint density at radius 3 is 2.60 bits per heavy atom. The molecule has 1 saturated heterocycles. The van der Waals surface area contributed by atoms with Crippen molar-refractivity contribution < 1.29 is 8.42 Å². The Kier molecular flexibility index (Phi) is 4.18. The van der Waals surface area contributed by atoms with E-state index in [0.717, 1.165) is 25.8 Å². The predicted molar refractivity (Wildman–Crippen MR) is 63.8 cm³/mol. The maximum atomic E-state index is 11.4. The van der Waals surface area contributed by atoms with Gasteiger partial charge >= 0.3 is 0 Å². The lowest BCUT2D eigenvalue weighted by Crippen LogP contribution is -2.43. The van der Waals surface area contributed by atoms with Crippen LogP contribution >= 0.6 is 0 Å². The molecule has 1 rings (SSSR count). The highest BCUT2D eigenvalue weighted by molar-refractivity contribution is 7.91. The highest BCUT2D eigenvalue weighted by Gasteiger charge is 2.25. The second-order valence-corrected chi connectivity index (χ2v) is 7.58. The Hall–Kier alpha value is -0.0900. The van der Waals surface area contributed by atoms with Gasteiger partial charge in [0, 0.05) is 12.6 Å². The fourth-order valence-corrected chi connectivity index (χ4v) is 3.40. The van der Waals surface area contributed by atoms with Gasteiger partial charge in [0.2, 0.25) is 0 Å². The molecule has 1 fully saturated rings. The van der Waals surface area contributed by atoms with Gasteiger partial charge in [-0.15, -0.1) is 0 Å². The first-order chi connectivity index (χ1) is 6.85. The fraction of sp³-hybridized carbons (Fsp3) is 1.00. The van der Waals surface area contributed by atoms with E-state index in [1.165, 1.54) is 0 Å². The Bertz CT molecular complexity index is 296. The number of rotatable bonds is 4. The van der Waals surface area contributed by atoms with Crippen molar-refractivity contribution in [3.05, 3.63) is 0 Å². The van der Waals surface area contributed by atoms with Gasteiger partial charge in [-0.1, -0.05) is 20.8 Å². The molecule has 0 aromatic carbocycles. The van der Waals surface area contributed by atoms with Crippen molar-refractivity contribution in [3.63, 3.8) is 0 Å². The SMILES string of the molecule is CCC(C)(C)CNC1CCCS(=O)(=O)C1. The van der Waals surface area contributed by atoms with E-state index >= 15 is 0 Å². The van der Waals surface area contributed by atoms with E-state index in [1.54, 1.807) is 0 Å². The number of sulfone groups is 1. The maximum absolute atomic E-state index is 11.4. The molecule has 0 aromatic rings. The van der Waals surface area contributed by atoms with Crippen molar-refractivity contribution in [1.29, 1.82) is 0 Å². The van der Waals surface area contributed by atoms with Gasteiger partial charge in [-0.25, -0.2) is 8.42 Å². The highest BCUT2D eigenvalue weighted by Crippen LogP contribution is 2.19. The summed E-state index contributed by atoms with van der Waals surface area (Å²) in [7, 11) is -2.77. The van der Waals surface area contributed by atoms with Crippen LogP contribution in [0.3, 0.4) is 0 Å². The summed E-state index contributed by atoms with van der Waals surface area (Å²) in [5.74, 6) is 0.704. The summed E-state index contributed by atoms with van der Waals surface area (Å²) in [4.78, 5) is 0. The summed E-state index contributed by atoms with van der Waals surface area (Å²) in [5.41, 5.74) is 0.265. The van der Waals surface area contributed by atoms with Gasteiger partial charge < -0.3 is 5.32 Å². The van der Waals surface area contributed by atoms with Crippen LogP contribution in [-0.2, 0) is 9.84 Å². The highest BCUT2D eigenvalue weighted by atomic mass is 32.2. The van der Waals surface area contributed by atoms with Gasteiger partial charge in [0.1, 0.15) is 0 Å². The normalized spacial score (nSPS) is 26.5. The summed E-state index contributed by atoms with van der Waals surface area (Å²) in [6.07, 6.45) is 2.92. The van der Waals surface area contributed by atoms with Crippen molar-refractivity contribution in [3.8, 4) is 0 Å². The van der Waals surface area contributed by atoms with Crippen molar-refractivity contribution in [2.75, 3.05) is 18.1 Å². The van der Waals surface area contributed by atoms with E-state index in [9.17, 15) is 8.42 Å². The number of nitrogens with one attached hydrogen (secondary N) is 1. The third-order valence-corrected chi connectivity index (χ3v) is 5.11. The summed E-state index contributed by atoms with van der Waals surface area (Å²) in [6, 6.07) is 0.176. The minimum Gasteiger partial charge on any atom is -0.312 e. The molecule has 3 nitrogen and oxygen atoms in total. The van der Waals surface area contributed by atoms with Gasteiger partial charge in [-0.2, -0.15) is 0 Å². The van der Waals surface area contributed by atoms with Crippen molar-refractivity contribution in [2.45, 2.75) is 46.1 Å². The quantitative estimate of drug-likeness (QED) is 0.802. The van der Waals surface area contributed by atoms with Crippen LogP contribution in [0.4, 0.5) is 0 Å². The van der Waals surface area contributed by atoms with Crippen molar-refractivity contribution in [1.82, 2.24) is 5.32 Å². The molecular formula is C11H23NO2S. The third kappa shape index (κ3) is 4.51. The van der Waals surface area contributed by atoms with Crippen LogP contribution < -0.4 is 5.32 Å². The van der Waals surface area contributed by atoms with E-state index in [1.807, 2.05) is 0 Å². The molecule has 1 unspecified atom stereocenters. The molecule has 1 N–H and O–H groups in total. The zero-order valence-electron chi connectivity index (χ0n) is 10.0. The summed E-state index contributed by atoms with van der Waals surface area (Å²) in [6.45, 7) is 7.48. The lowest BCUT2D eigenvalue weighted by molar-refractivity contribution is 0.306. The van der Waals surface area contributed by atoms with Gasteiger partial charge in [-0.3, -0.25) is 0 Å². The van der Waals surface area contributed by atoms with Crippen LogP contribution in [-0.4, -0.2) is 32.5 Å². The van der Waals surface area contributed by atoms with Crippen molar-refractivity contribution in [2.24, 2.45) is 5.41 Å².